The third kappa shape index (κ3) is 6.01. The second-order valence-electron chi connectivity index (χ2n) is 8.60. The van der Waals surface area contributed by atoms with E-state index in [1.54, 1.807) is 44.5 Å². The molecule has 1 aliphatic rings. The molecule has 9 nitrogen and oxygen atoms in total. The van der Waals surface area contributed by atoms with Gasteiger partial charge in [0.05, 0.1) is 16.8 Å². The van der Waals surface area contributed by atoms with E-state index in [9.17, 15) is 14.4 Å². The fourth-order valence-corrected chi connectivity index (χ4v) is 3.69. The lowest BCUT2D eigenvalue weighted by Crippen LogP contribution is -2.54. The Morgan fingerprint density at radius 3 is 2.38 bits per heavy atom. The summed E-state index contributed by atoms with van der Waals surface area (Å²) in [5, 5.41) is 8.61. The van der Waals surface area contributed by atoms with E-state index in [2.05, 4.69) is 36.9 Å². The van der Waals surface area contributed by atoms with Crippen molar-refractivity contribution in [3.05, 3.63) is 45.4 Å². The molecule has 0 saturated heterocycles. The second kappa shape index (κ2) is 9.50. The van der Waals surface area contributed by atoms with Crippen LogP contribution in [0.2, 0.25) is 5.02 Å². The van der Waals surface area contributed by atoms with Crippen LogP contribution in [0.3, 0.4) is 0 Å². The van der Waals surface area contributed by atoms with Gasteiger partial charge in [0.1, 0.15) is 10.2 Å². The van der Waals surface area contributed by atoms with E-state index in [0.717, 1.165) is 0 Å². The molecule has 2 aromatic rings. The molecule has 172 valence electrons. The molecule has 1 aromatic carbocycles. The van der Waals surface area contributed by atoms with Crippen molar-refractivity contribution in [3.8, 4) is 0 Å². The number of anilines is 1. The summed E-state index contributed by atoms with van der Waals surface area (Å²) >= 11 is 9.57. The minimum Gasteiger partial charge on any atom is -0.444 e. The van der Waals surface area contributed by atoms with E-state index < -0.39 is 17.6 Å². The highest BCUT2D eigenvalue weighted by Crippen LogP contribution is 2.25. The van der Waals surface area contributed by atoms with E-state index in [-0.39, 0.29) is 28.8 Å². The Morgan fingerprint density at radius 1 is 1.16 bits per heavy atom. The Bertz CT molecular complexity index is 1040. The molecule has 0 aliphatic heterocycles. The van der Waals surface area contributed by atoms with Crippen LogP contribution in [-0.4, -0.2) is 45.1 Å². The number of alkyl carbamates (subject to hydrolysis) is 1. The fourth-order valence-electron chi connectivity index (χ4n) is 3.15. The second-order valence-corrected chi connectivity index (χ2v) is 9.82. The lowest BCUT2D eigenvalue weighted by atomic mass is 9.86. The van der Waals surface area contributed by atoms with Gasteiger partial charge in [0.15, 0.2) is 5.82 Å². The van der Waals surface area contributed by atoms with Crippen LogP contribution in [-0.2, 0) is 11.8 Å². The van der Waals surface area contributed by atoms with E-state index in [1.807, 2.05) is 0 Å². The summed E-state index contributed by atoms with van der Waals surface area (Å²) in [5.74, 6) is -0.486. The van der Waals surface area contributed by atoms with Crippen LogP contribution in [0.1, 0.15) is 54.6 Å². The maximum Gasteiger partial charge on any atom is 0.407 e. The first kappa shape index (κ1) is 24.1. The molecule has 1 saturated carbocycles. The molecular weight excluding hydrogens is 502 g/mol. The van der Waals surface area contributed by atoms with Crippen LogP contribution in [0, 0.1) is 0 Å². The van der Waals surface area contributed by atoms with Gasteiger partial charge in [0.2, 0.25) is 0 Å². The molecule has 1 heterocycles. The number of hydrogen-bond donors (Lipinski definition) is 3. The molecule has 3 amide bonds. The standard InChI is InChI=1S/C21H25BrClN5O4/c1-21(2,3)32-20(31)27-13-7-12(8-13)26-18(29)14-6-5-11(9-15(14)23)25-19(30)17-24-10-16(22)28(17)4/h5-6,9-10,12-13H,7-8H2,1-4H3,(H,25,30)(H,26,29)(H,27,31)/t12-,13+. The highest BCUT2D eigenvalue weighted by atomic mass is 79.9. The molecule has 0 atom stereocenters. The molecule has 0 bridgehead atoms. The quantitative estimate of drug-likeness (QED) is 0.547. The van der Waals surface area contributed by atoms with Crippen LogP contribution in [0.4, 0.5) is 10.5 Å². The number of aromatic nitrogens is 2. The number of carbonyl (C=O) groups excluding carboxylic acids is 3. The van der Waals surface area contributed by atoms with Crippen molar-refractivity contribution in [2.24, 2.45) is 7.05 Å². The number of ether oxygens (including phenoxy) is 1. The fraction of sp³-hybridized carbons (Fsp3) is 0.429. The summed E-state index contributed by atoms with van der Waals surface area (Å²) in [4.78, 5) is 40.8. The third-order valence-corrected chi connectivity index (χ3v) is 5.85. The summed E-state index contributed by atoms with van der Waals surface area (Å²) in [5.41, 5.74) is 0.187. The van der Waals surface area contributed by atoms with Crippen LogP contribution >= 0.6 is 27.5 Å². The number of benzene rings is 1. The van der Waals surface area contributed by atoms with Crippen LogP contribution in [0.15, 0.2) is 29.0 Å². The first-order valence-corrected chi connectivity index (χ1v) is 11.2. The molecule has 1 aromatic heterocycles. The summed E-state index contributed by atoms with van der Waals surface area (Å²) in [6.45, 7) is 5.40. The number of amides is 3. The van der Waals surface area contributed by atoms with Crippen LogP contribution in [0.25, 0.3) is 0 Å². The molecule has 32 heavy (non-hydrogen) atoms. The van der Waals surface area contributed by atoms with Gasteiger partial charge in [0.25, 0.3) is 11.8 Å². The molecule has 1 fully saturated rings. The number of carbonyl (C=O) groups is 3. The number of nitrogens with zero attached hydrogens (tertiary/aromatic N) is 2. The molecule has 0 unspecified atom stereocenters. The number of hydrogen-bond acceptors (Lipinski definition) is 5. The van der Waals surface area contributed by atoms with Crippen molar-refractivity contribution < 1.29 is 19.1 Å². The predicted octanol–water partition coefficient (Wildman–Crippen LogP) is 3.87. The number of nitrogens with one attached hydrogen (secondary N) is 3. The normalized spacial score (nSPS) is 17.8. The first-order chi connectivity index (χ1) is 14.9. The minimum atomic E-state index is -0.557. The van der Waals surface area contributed by atoms with E-state index in [0.29, 0.717) is 28.7 Å². The minimum absolute atomic E-state index is 0.0469. The number of halogens is 2. The lowest BCUT2D eigenvalue weighted by molar-refractivity contribution is 0.0465. The summed E-state index contributed by atoms with van der Waals surface area (Å²) in [6, 6.07) is 4.55. The number of rotatable bonds is 5. The Morgan fingerprint density at radius 2 is 1.81 bits per heavy atom. The monoisotopic (exact) mass is 525 g/mol. The van der Waals surface area contributed by atoms with Crippen molar-refractivity contribution in [1.82, 2.24) is 20.2 Å². The van der Waals surface area contributed by atoms with Gasteiger partial charge < -0.3 is 25.3 Å². The summed E-state index contributed by atoms with van der Waals surface area (Å²) < 4.78 is 7.50. The van der Waals surface area contributed by atoms with Crippen LogP contribution in [0.5, 0.6) is 0 Å². The van der Waals surface area contributed by atoms with Crippen molar-refractivity contribution in [2.75, 3.05) is 5.32 Å². The largest absolute Gasteiger partial charge is 0.444 e. The van der Waals surface area contributed by atoms with Gasteiger partial charge in [-0.3, -0.25) is 9.59 Å². The molecule has 11 heteroatoms. The molecule has 3 N–H and O–H groups in total. The maximum atomic E-state index is 12.6. The smallest absolute Gasteiger partial charge is 0.407 e. The number of imidazole rings is 1. The predicted molar refractivity (Wildman–Crippen MR) is 124 cm³/mol. The van der Waals surface area contributed by atoms with Crippen molar-refractivity contribution in [1.29, 1.82) is 0 Å². The SMILES string of the molecule is Cn1c(Br)cnc1C(=O)Nc1ccc(C(=O)N[C@H]2C[C@@H](NC(=O)OC(C)(C)C)C2)c(Cl)c1. The van der Waals surface area contributed by atoms with Gasteiger partial charge in [-0.1, -0.05) is 11.6 Å². The topological polar surface area (TPSA) is 114 Å². The molecule has 0 radical (unpaired) electrons. The van der Waals surface area contributed by atoms with Gasteiger partial charge in [-0.2, -0.15) is 0 Å². The maximum absolute atomic E-state index is 12.6. The molecule has 1 aliphatic carbocycles. The Kier molecular flexibility index (Phi) is 7.14. The Labute approximate surface area is 199 Å². The van der Waals surface area contributed by atoms with Crippen molar-refractivity contribution in [3.63, 3.8) is 0 Å². The van der Waals surface area contributed by atoms with Gasteiger partial charge in [-0.05, 0) is 67.7 Å². The Hall–Kier alpha value is -2.59. The van der Waals surface area contributed by atoms with Crippen LogP contribution < -0.4 is 16.0 Å². The van der Waals surface area contributed by atoms with E-state index in [1.165, 1.54) is 12.3 Å². The molecule has 0 spiro atoms. The zero-order chi connectivity index (χ0) is 23.6. The van der Waals surface area contributed by atoms with Gasteiger partial charge >= 0.3 is 6.09 Å². The molecule has 3 rings (SSSR count). The van der Waals surface area contributed by atoms with Gasteiger partial charge in [0, 0.05) is 24.8 Å². The third-order valence-electron chi connectivity index (χ3n) is 4.80. The zero-order valence-corrected chi connectivity index (χ0v) is 20.5. The lowest BCUT2D eigenvalue weighted by Gasteiger charge is -2.36. The van der Waals surface area contributed by atoms with E-state index >= 15 is 0 Å². The molecular formula is C21H25BrClN5O4. The van der Waals surface area contributed by atoms with Gasteiger partial charge in [-0.15, -0.1) is 0 Å². The average molecular weight is 527 g/mol. The summed E-state index contributed by atoms with van der Waals surface area (Å²) in [6.07, 6.45) is 2.28. The average Bonchev–Trinajstić information content (AvgIpc) is 2.97. The Balaban J connectivity index is 1.51. The zero-order valence-electron chi connectivity index (χ0n) is 18.2. The first-order valence-electron chi connectivity index (χ1n) is 10.0. The summed E-state index contributed by atoms with van der Waals surface area (Å²) in [7, 11) is 1.71. The highest BCUT2D eigenvalue weighted by Gasteiger charge is 2.33. The van der Waals surface area contributed by atoms with Crippen molar-refractivity contribution in [2.45, 2.75) is 51.3 Å². The highest BCUT2D eigenvalue weighted by molar-refractivity contribution is 9.10. The van der Waals surface area contributed by atoms with Gasteiger partial charge in [-0.25, -0.2) is 9.78 Å². The van der Waals surface area contributed by atoms with E-state index in [4.69, 9.17) is 16.3 Å². The van der Waals surface area contributed by atoms with Crippen molar-refractivity contribution >= 4 is 51.1 Å².